The first-order valence-electron chi connectivity index (χ1n) is 12.4. The minimum absolute atomic E-state index is 0.00616. The van der Waals surface area contributed by atoms with Crippen molar-refractivity contribution < 1.29 is 28.0 Å². The summed E-state index contributed by atoms with van der Waals surface area (Å²) in [5.74, 6) is -0.356. The smallest absolute Gasteiger partial charge is 0.245 e. The van der Waals surface area contributed by atoms with Crippen molar-refractivity contribution in [2.24, 2.45) is 0 Å². The van der Waals surface area contributed by atoms with E-state index < -0.39 is 21.5 Å². The second-order valence-electron chi connectivity index (χ2n) is 9.68. The van der Waals surface area contributed by atoms with Crippen molar-refractivity contribution in [3.05, 3.63) is 65.4 Å². The van der Waals surface area contributed by atoms with E-state index in [1.165, 1.54) is 22.5 Å². The maximum Gasteiger partial charge on any atom is 0.245 e. The van der Waals surface area contributed by atoms with Crippen molar-refractivity contribution >= 4 is 32.7 Å². The van der Waals surface area contributed by atoms with Crippen LogP contribution in [0.15, 0.2) is 53.4 Å². The Balaban J connectivity index is 1.48. The average molecular weight is 541 g/mol. The van der Waals surface area contributed by atoms with Crippen LogP contribution in [0.3, 0.4) is 0 Å². The van der Waals surface area contributed by atoms with Gasteiger partial charge in [0.15, 0.2) is 0 Å². The molecule has 2 amide bonds. The molecule has 0 radical (unpaired) electrons. The topological polar surface area (TPSA) is 138 Å². The quantitative estimate of drug-likeness (QED) is 0.265. The number of fused-ring (bicyclic) bond motifs is 1. The molecule has 1 aliphatic rings. The number of para-hydroxylation sites is 1. The number of hydrogen-bond acceptors (Lipinski definition) is 7. The number of amides is 2. The average Bonchev–Trinajstić information content (AvgIpc) is 2.87. The Kier molecular flexibility index (Phi) is 8.00. The number of aromatic nitrogens is 1. The number of carbonyl (C=O) groups is 2. The van der Waals surface area contributed by atoms with Gasteiger partial charge in [-0.25, -0.2) is 18.6 Å². The Hall–Kier alpha value is -3.54. The molecule has 202 valence electrons. The fraction of sp³-hybridized carbons (Fsp3) is 0.370. The van der Waals surface area contributed by atoms with Crippen LogP contribution in [0.25, 0.3) is 10.9 Å². The second kappa shape index (κ2) is 11.1. The molecule has 0 aliphatic carbocycles. The van der Waals surface area contributed by atoms with Crippen LogP contribution >= 0.6 is 0 Å². The molecule has 0 bridgehead atoms. The van der Waals surface area contributed by atoms with Gasteiger partial charge < -0.3 is 9.64 Å². The van der Waals surface area contributed by atoms with Crippen molar-refractivity contribution in [2.75, 3.05) is 13.1 Å². The lowest BCUT2D eigenvalue weighted by Gasteiger charge is -2.49. The third-order valence-corrected chi connectivity index (χ3v) is 8.40. The highest BCUT2D eigenvalue weighted by atomic mass is 32.2. The summed E-state index contributed by atoms with van der Waals surface area (Å²) in [6.07, 6.45) is 0.694. The molecule has 3 aromatic rings. The number of hydroxylamine groups is 1. The first-order chi connectivity index (χ1) is 18.1. The third-order valence-electron chi connectivity index (χ3n) is 6.81. The van der Waals surface area contributed by atoms with Gasteiger partial charge in [0.05, 0.1) is 22.4 Å². The Morgan fingerprint density at radius 2 is 1.79 bits per heavy atom. The molecule has 2 heterocycles. The second-order valence-corrected chi connectivity index (χ2v) is 11.4. The number of likely N-dealkylation sites (tertiary alicyclic amines) is 1. The molecule has 11 heteroatoms. The van der Waals surface area contributed by atoms with Crippen molar-refractivity contribution in [3.63, 3.8) is 0 Å². The molecule has 0 unspecified atom stereocenters. The zero-order chi connectivity index (χ0) is 27.5. The lowest BCUT2D eigenvalue weighted by molar-refractivity contribution is -0.143. The van der Waals surface area contributed by atoms with E-state index in [0.29, 0.717) is 25.2 Å². The van der Waals surface area contributed by atoms with Gasteiger partial charge in [0.25, 0.3) is 0 Å². The van der Waals surface area contributed by atoms with Crippen LogP contribution in [-0.2, 0) is 26.2 Å². The lowest BCUT2D eigenvalue weighted by Crippen LogP contribution is -2.72. The molecule has 0 spiro atoms. The van der Waals surface area contributed by atoms with E-state index >= 15 is 0 Å². The molecule has 0 saturated carbocycles. The molecule has 3 N–H and O–H groups in total. The summed E-state index contributed by atoms with van der Waals surface area (Å²) in [4.78, 5) is 30.2. The summed E-state index contributed by atoms with van der Waals surface area (Å²) in [5.41, 5.74) is 4.19. The predicted molar refractivity (Wildman–Crippen MR) is 141 cm³/mol. The molecular formula is C27H32N4O6S. The number of carbonyl (C=O) groups excluding carboxylic acids is 2. The van der Waals surface area contributed by atoms with E-state index in [1.807, 2.05) is 45.0 Å². The standard InChI is InChI=1S/C27H32N4O6S/c1-4-7-26(33)31-16-27(17-31,14-25(32)29-34)30-38(35,36)21-12-10-20(11-13-21)37-15-23-18(2)19(3)28-24-9-6-5-8-22(23)24/h5-6,8-13,30,34H,4,7,14-17H2,1-3H3,(H,29,32). The first kappa shape index (κ1) is 27.5. The minimum Gasteiger partial charge on any atom is -0.489 e. The van der Waals surface area contributed by atoms with E-state index in [-0.39, 0.29) is 30.3 Å². The van der Waals surface area contributed by atoms with Gasteiger partial charge in [-0.05, 0) is 56.2 Å². The summed E-state index contributed by atoms with van der Waals surface area (Å²) in [6, 6.07) is 13.8. The minimum atomic E-state index is -4.03. The highest BCUT2D eigenvalue weighted by Crippen LogP contribution is 2.29. The fourth-order valence-corrected chi connectivity index (χ4v) is 6.09. The number of hydrogen-bond donors (Lipinski definition) is 3. The highest BCUT2D eigenvalue weighted by Gasteiger charge is 2.49. The number of nitrogens with one attached hydrogen (secondary N) is 2. The van der Waals surface area contributed by atoms with E-state index in [0.717, 1.165) is 27.7 Å². The maximum absolute atomic E-state index is 13.2. The number of rotatable bonds is 10. The molecule has 1 saturated heterocycles. The molecule has 4 rings (SSSR count). The molecule has 38 heavy (non-hydrogen) atoms. The highest BCUT2D eigenvalue weighted by molar-refractivity contribution is 7.89. The van der Waals surface area contributed by atoms with Crippen LogP contribution in [0.4, 0.5) is 0 Å². The summed E-state index contributed by atoms with van der Waals surface area (Å²) in [6.45, 7) is 6.20. The van der Waals surface area contributed by atoms with Crippen LogP contribution in [0.2, 0.25) is 0 Å². The Bertz CT molecular complexity index is 1450. The van der Waals surface area contributed by atoms with Gasteiger partial charge in [-0.3, -0.25) is 19.8 Å². The van der Waals surface area contributed by atoms with E-state index in [4.69, 9.17) is 9.94 Å². The van der Waals surface area contributed by atoms with Crippen molar-refractivity contribution in [1.29, 1.82) is 0 Å². The van der Waals surface area contributed by atoms with Crippen LogP contribution in [0, 0.1) is 13.8 Å². The predicted octanol–water partition coefficient (Wildman–Crippen LogP) is 2.99. The number of aryl methyl sites for hydroxylation is 1. The molecule has 10 nitrogen and oxygen atoms in total. The number of sulfonamides is 1. The van der Waals surface area contributed by atoms with Crippen LogP contribution in [-0.4, -0.2) is 54.0 Å². The van der Waals surface area contributed by atoms with Gasteiger partial charge in [0.2, 0.25) is 21.8 Å². The van der Waals surface area contributed by atoms with Gasteiger partial charge in [0.1, 0.15) is 12.4 Å². The fourth-order valence-electron chi connectivity index (χ4n) is 4.70. The van der Waals surface area contributed by atoms with Gasteiger partial charge in [0, 0.05) is 36.2 Å². The molecule has 1 aromatic heterocycles. The Labute approximate surface area is 222 Å². The van der Waals surface area contributed by atoms with Gasteiger partial charge in [-0.1, -0.05) is 25.1 Å². The molecule has 1 aliphatic heterocycles. The number of pyridine rings is 1. The first-order valence-corrected chi connectivity index (χ1v) is 13.9. The SMILES string of the molecule is CCCC(=O)N1CC(CC(=O)NO)(NS(=O)(=O)c2ccc(OCc3c(C)c(C)nc4ccccc34)cc2)C1. The van der Waals surface area contributed by atoms with Gasteiger partial charge >= 0.3 is 0 Å². The largest absolute Gasteiger partial charge is 0.489 e. The summed E-state index contributed by atoms with van der Waals surface area (Å²) < 4.78 is 34.9. The molecule has 1 fully saturated rings. The zero-order valence-electron chi connectivity index (χ0n) is 21.7. The molecule has 2 aromatic carbocycles. The van der Waals surface area contributed by atoms with E-state index in [2.05, 4.69) is 9.71 Å². The summed E-state index contributed by atoms with van der Waals surface area (Å²) in [5, 5.41) is 9.97. The van der Waals surface area contributed by atoms with Gasteiger partial charge in [-0.15, -0.1) is 0 Å². The third kappa shape index (κ3) is 5.79. The number of ether oxygens (including phenoxy) is 1. The monoisotopic (exact) mass is 540 g/mol. The number of nitrogens with zero attached hydrogens (tertiary/aromatic N) is 2. The Morgan fingerprint density at radius 3 is 2.45 bits per heavy atom. The Morgan fingerprint density at radius 1 is 1.11 bits per heavy atom. The summed E-state index contributed by atoms with van der Waals surface area (Å²) >= 11 is 0. The lowest BCUT2D eigenvalue weighted by atomic mass is 9.86. The van der Waals surface area contributed by atoms with E-state index in [9.17, 15) is 18.0 Å². The number of benzene rings is 2. The molecule has 0 atom stereocenters. The normalized spacial score (nSPS) is 14.7. The van der Waals surface area contributed by atoms with Crippen LogP contribution in [0.5, 0.6) is 5.75 Å². The van der Waals surface area contributed by atoms with Crippen LogP contribution < -0.4 is 14.9 Å². The van der Waals surface area contributed by atoms with E-state index in [1.54, 1.807) is 12.1 Å². The summed E-state index contributed by atoms with van der Waals surface area (Å²) in [7, 11) is -4.03. The van der Waals surface area contributed by atoms with Crippen LogP contribution in [0.1, 0.15) is 43.0 Å². The van der Waals surface area contributed by atoms with Gasteiger partial charge in [-0.2, -0.15) is 0 Å². The van der Waals surface area contributed by atoms with Crippen molar-refractivity contribution in [3.8, 4) is 5.75 Å². The maximum atomic E-state index is 13.2. The zero-order valence-corrected chi connectivity index (χ0v) is 22.5. The van der Waals surface area contributed by atoms with Crippen molar-refractivity contribution in [1.82, 2.24) is 20.1 Å². The van der Waals surface area contributed by atoms with Crippen molar-refractivity contribution in [2.45, 2.75) is 57.1 Å². The molecular weight excluding hydrogens is 508 g/mol.